The molecule has 0 spiro atoms. The molecule has 0 aliphatic heterocycles. The maximum absolute atomic E-state index is 13.2. The summed E-state index contributed by atoms with van der Waals surface area (Å²) in [4.78, 5) is 17.3. The highest BCUT2D eigenvalue weighted by atomic mass is 19.1. The second-order valence-corrected chi connectivity index (χ2v) is 5.80. The highest BCUT2D eigenvalue weighted by molar-refractivity contribution is 5.97. The number of rotatable bonds is 7. The van der Waals surface area contributed by atoms with Crippen LogP contribution >= 0.6 is 0 Å². The second-order valence-electron chi connectivity index (χ2n) is 5.80. The average Bonchev–Trinajstić information content (AvgIpc) is 3.09. The number of carbonyl (C=O) groups is 1. The third kappa shape index (κ3) is 4.38. The molecule has 0 fully saturated rings. The fourth-order valence-corrected chi connectivity index (χ4v) is 2.55. The van der Waals surface area contributed by atoms with Gasteiger partial charge in [0.2, 0.25) is 0 Å². The van der Waals surface area contributed by atoms with Crippen LogP contribution in [0.3, 0.4) is 0 Å². The smallest absolute Gasteiger partial charge is 0.336 e. The Morgan fingerprint density at radius 3 is 2.56 bits per heavy atom. The van der Waals surface area contributed by atoms with Gasteiger partial charge in [0.05, 0.1) is 6.61 Å². The van der Waals surface area contributed by atoms with Gasteiger partial charge in [0.1, 0.15) is 12.4 Å². The fourth-order valence-electron chi connectivity index (χ4n) is 2.55. The molecule has 0 N–H and O–H groups in total. The van der Waals surface area contributed by atoms with Gasteiger partial charge >= 0.3 is 6.01 Å². The number of aromatic nitrogens is 3. The Morgan fingerprint density at radius 1 is 1.11 bits per heavy atom. The van der Waals surface area contributed by atoms with Crippen molar-refractivity contribution in [3.63, 3.8) is 0 Å². The van der Waals surface area contributed by atoms with Crippen molar-refractivity contribution in [1.82, 2.24) is 14.8 Å². The number of benzene rings is 2. The Balaban J connectivity index is 1.97. The summed E-state index contributed by atoms with van der Waals surface area (Å²) in [7, 11) is 0. The number of nitrogens with zero attached hydrogens (tertiary/aromatic N) is 3. The summed E-state index contributed by atoms with van der Waals surface area (Å²) >= 11 is 0. The Hall–Kier alpha value is -3.06. The molecule has 3 aromatic rings. The van der Waals surface area contributed by atoms with Crippen molar-refractivity contribution in [2.75, 3.05) is 19.8 Å². The summed E-state index contributed by atoms with van der Waals surface area (Å²) < 4.78 is 25.1. The van der Waals surface area contributed by atoms with Crippen LogP contribution in [0.25, 0.3) is 11.4 Å². The first-order chi connectivity index (χ1) is 13.1. The van der Waals surface area contributed by atoms with Gasteiger partial charge in [-0.25, -0.2) is 4.39 Å². The molecule has 0 unspecified atom stereocenters. The van der Waals surface area contributed by atoms with E-state index in [4.69, 9.17) is 9.47 Å². The van der Waals surface area contributed by atoms with Crippen LogP contribution < -0.4 is 4.74 Å². The molecule has 0 saturated carbocycles. The molecular formula is C20H20FN3O3. The van der Waals surface area contributed by atoms with Crippen molar-refractivity contribution in [2.24, 2.45) is 0 Å². The maximum Gasteiger partial charge on any atom is 0.336 e. The molecule has 3 rings (SSSR count). The van der Waals surface area contributed by atoms with Gasteiger partial charge in [0.15, 0.2) is 5.82 Å². The van der Waals surface area contributed by atoms with E-state index in [1.807, 2.05) is 38.1 Å². The minimum atomic E-state index is -0.416. The molecule has 0 aliphatic rings. The van der Waals surface area contributed by atoms with Crippen molar-refractivity contribution in [1.29, 1.82) is 0 Å². The molecule has 140 valence electrons. The fraction of sp³-hybridized carbons (Fsp3) is 0.250. The molecule has 2 aromatic carbocycles. The Morgan fingerprint density at radius 2 is 1.85 bits per heavy atom. The van der Waals surface area contributed by atoms with E-state index >= 15 is 0 Å². The Bertz CT molecular complexity index is 922. The highest BCUT2D eigenvalue weighted by Gasteiger charge is 2.21. The number of carbonyl (C=O) groups excluding carboxylic acids is 1. The zero-order valence-electron chi connectivity index (χ0n) is 15.2. The van der Waals surface area contributed by atoms with Crippen molar-refractivity contribution in [2.45, 2.75) is 13.8 Å². The van der Waals surface area contributed by atoms with Crippen LogP contribution in [0.4, 0.5) is 4.39 Å². The summed E-state index contributed by atoms with van der Waals surface area (Å²) in [5.74, 6) is -0.460. The van der Waals surface area contributed by atoms with Crippen molar-refractivity contribution in [3.8, 4) is 17.4 Å². The van der Waals surface area contributed by atoms with Crippen LogP contribution in [0, 0.1) is 12.7 Å². The summed E-state index contributed by atoms with van der Waals surface area (Å²) in [6.45, 7) is 5.08. The first-order valence-electron chi connectivity index (χ1n) is 8.64. The van der Waals surface area contributed by atoms with Crippen molar-refractivity contribution in [3.05, 3.63) is 65.5 Å². The molecule has 7 heteroatoms. The largest absolute Gasteiger partial charge is 0.460 e. The van der Waals surface area contributed by atoms with Crippen molar-refractivity contribution >= 4 is 5.91 Å². The molecule has 27 heavy (non-hydrogen) atoms. The normalized spacial score (nSPS) is 10.8. The molecule has 1 aromatic heterocycles. The predicted octanol–water partition coefficient (Wildman–Crippen LogP) is 3.50. The van der Waals surface area contributed by atoms with Gasteiger partial charge in [-0.3, -0.25) is 4.79 Å². The molecule has 0 radical (unpaired) electrons. The minimum absolute atomic E-state index is 0.0865. The van der Waals surface area contributed by atoms with Crippen molar-refractivity contribution < 1.29 is 18.7 Å². The minimum Gasteiger partial charge on any atom is -0.460 e. The van der Waals surface area contributed by atoms with E-state index in [0.29, 0.717) is 24.6 Å². The van der Waals surface area contributed by atoms with Crippen LogP contribution in [0.2, 0.25) is 0 Å². The number of hydrogen-bond acceptors (Lipinski definition) is 5. The predicted molar refractivity (Wildman–Crippen MR) is 98.3 cm³/mol. The highest BCUT2D eigenvalue weighted by Crippen LogP contribution is 2.24. The summed E-state index contributed by atoms with van der Waals surface area (Å²) in [5, 5.41) is 4.21. The zero-order valence-corrected chi connectivity index (χ0v) is 15.2. The summed E-state index contributed by atoms with van der Waals surface area (Å²) in [5.41, 5.74) is 2.01. The third-order valence-corrected chi connectivity index (χ3v) is 3.92. The second kappa shape index (κ2) is 8.55. The third-order valence-electron chi connectivity index (χ3n) is 3.92. The Labute approximate surface area is 156 Å². The molecule has 1 heterocycles. The quantitative estimate of drug-likeness (QED) is 0.597. The van der Waals surface area contributed by atoms with Gasteiger partial charge in [0.25, 0.3) is 5.91 Å². The Kier molecular flexibility index (Phi) is 5.93. The van der Waals surface area contributed by atoms with E-state index in [2.05, 4.69) is 10.1 Å². The van der Waals surface area contributed by atoms with Gasteiger partial charge in [-0.1, -0.05) is 24.3 Å². The zero-order chi connectivity index (χ0) is 19.2. The van der Waals surface area contributed by atoms with Crippen LogP contribution in [0.1, 0.15) is 22.8 Å². The summed E-state index contributed by atoms with van der Waals surface area (Å²) in [6, 6.07) is 12.9. The molecule has 0 bridgehead atoms. The lowest BCUT2D eigenvalue weighted by atomic mass is 10.1. The lowest BCUT2D eigenvalue weighted by Gasteiger charge is -2.06. The standard InChI is InChI=1S/C20H20FN3O3/c1-3-26-12-13-27-20-22-18(17-7-5-4-6-14(17)2)24(23-20)19(25)15-8-10-16(21)11-9-15/h4-11H,3,12-13H2,1-2H3. The lowest BCUT2D eigenvalue weighted by molar-refractivity contribution is 0.0938. The summed E-state index contributed by atoms with van der Waals surface area (Å²) in [6.07, 6.45) is 0. The maximum atomic E-state index is 13.2. The van der Waals surface area contributed by atoms with Crippen LogP contribution in [-0.2, 0) is 4.74 Å². The average molecular weight is 369 g/mol. The monoisotopic (exact) mass is 369 g/mol. The molecule has 0 atom stereocenters. The van der Waals surface area contributed by atoms with E-state index in [1.54, 1.807) is 0 Å². The number of hydrogen-bond donors (Lipinski definition) is 0. The van der Waals surface area contributed by atoms with E-state index in [9.17, 15) is 9.18 Å². The molecule has 0 amide bonds. The molecule has 0 saturated heterocycles. The topological polar surface area (TPSA) is 66.2 Å². The molecule has 0 aliphatic carbocycles. The van der Waals surface area contributed by atoms with Gasteiger partial charge in [-0.05, 0) is 43.7 Å². The first-order valence-corrected chi connectivity index (χ1v) is 8.64. The number of ether oxygens (including phenoxy) is 2. The SMILES string of the molecule is CCOCCOc1nc(-c2ccccc2C)n(C(=O)c2ccc(F)cc2)n1. The van der Waals surface area contributed by atoms with Gasteiger partial charge < -0.3 is 9.47 Å². The van der Waals surface area contributed by atoms with Gasteiger partial charge in [-0.15, -0.1) is 5.10 Å². The lowest BCUT2D eigenvalue weighted by Crippen LogP contribution is -2.15. The van der Waals surface area contributed by atoms with E-state index in [1.165, 1.54) is 28.9 Å². The van der Waals surface area contributed by atoms with Crippen LogP contribution in [0.15, 0.2) is 48.5 Å². The van der Waals surface area contributed by atoms with E-state index in [-0.39, 0.29) is 12.6 Å². The van der Waals surface area contributed by atoms with E-state index < -0.39 is 11.7 Å². The van der Waals surface area contributed by atoms with Gasteiger partial charge in [0, 0.05) is 17.7 Å². The van der Waals surface area contributed by atoms with Crippen LogP contribution in [0.5, 0.6) is 6.01 Å². The van der Waals surface area contributed by atoms with E-state index in [0.717, 1.165) is 11.1 Å². The first kappa shape index (κ1) is 18.7. The van der Waals surface area contributed by atoms with Gasteiger partial charge in [-0.2, -0.15) is 9.67 Å². The molecule has 6 nitrogen and oxygen atoms in total. The molecular weight excluding hydrogens is 349 g/mol. The number of halogens is 1. The number of aryl methyl sites for hydroxylation is 1. The van der Waals surface area contributed by atoms with Crippen LogP contribution in [-0.4, -0.2) is 40.5 Å².